The number of likely N-dealkylation sites (tertiary alicyclic amines) is 1. The van der Waals surface area contributed by atoms with Gasteiger partial charge in [-0.2, -0.15) is 0 Å². The van der Waals surface area contributed by atoms with Crippen molar-refractivity contribution in [2.75, 3.05) is 32.8 Å². The van der Waals surface area contributed by atoms with Gasteiger partial charge in [-0.1, -0.05) is 13.3 Å². The normalized spacial score (nSPS) is 29.7. The van der Waals surface area contributed by atoms with E-state index in [1.165, 1.54) is 58.3 Å². The van der Waals surface area contributed by atoms with Crippen LogP contribution in [0.15, 0.2) is 0 Å². The fraction of sp³-hybridized carbons (Fsp3) is 1.00. The van der Waals surface area contributed by atoms with Crippen LogP contribution in [-0.2, 0) is 0 Å². The standard InChI is InChI=1S/C15H30N2O/c1-2-3-7-17-11-14(6-8-18)9-15(12-17)16-10-13-4-5-13/h13-16,18H,2-12H2,1H3. The van der Waals surface area contributed by atoms with Crippen LogP contribution >= 0.6 is 0 Å². The van der Waals surface area contributed by atoms with Crippen molar-refractivity contribution in [1.82, 2.24) is 10.2 Å². The maximum Gasteiger partial charge on any atom is 0.0434 e. The first-order valence-electron chi connectivity index (χ1n) is 7.88. The van der Waals surface area contributed by atoms with Gasteiger partial charge in [-0.05, 0) is 57.0 Å². The molecule has 106 valence electrons. The van der Waals surface area contributed by atoms with Crippen molar-refractivity contribution in [2.24, 2.45) is 11.8 Å². The summed E-state index contributed by atoms with van der Waals surface area (Å²) < 4.78 is 0. The molecule has 0 radical (unpaired) electrons. The zero-order valence-corrected chi connectivity index (χ0v) is 11.9. The van der Waals surface area contributed by atoms with Crippen molar-refractivity contribution in [3.05, 3.63) is 0 Å². The summed E-state index contributed by atoms with van der Waals surface area (Å²) >= 11 is 0. The molecule has 3 nitrogen and oxygen atoms in total. The summed E-state index contributed by atoms with van der Waals surface area (Å²) in [4.78, 5) is 2.61. The first-order chi connectivity index (χ1) is 8.81. The van der Waals surface area contributed by atoms with Crippen LogP contribution in [0.5, 0.6) is 0 Å². The van der Waals surface area contributed by atoms with E-state index in [0.29, 0.717) is 18.6 Å². The van der Waals surface area contributed by atoms with Crippen molar-refractivity contribution >= 4 is 0 Å². The summed E-state index contributed by atoms with van der Waals surface area (Å²) in [6.45, 7) is 7.48. The number of nitrogens with zero attached hydrogens (tertiary/aromatic N) is 1. The van der Waals surface area contributed by atoms with E-state index in [-0.39, 0.29) is 0 Å². The minimum atomic E-state index is 0.349. The number of hydrogen-bond acceptors (Lipinski definition) is 3. The first-order valence-corrected chi connectivity index (χ1v) is 7.88. The molecule has 3 heteroatoms. The molecule has 2 N–H and O–H groups in total. The highest BCUT2D eigenvalue weighted by atomic mass is 16.3. The predicted octanol–water partition coefficient (Wildman–Crippen LogP) is 1.86. The van der Waals surface area contributed by atoms with Gasteiger partial charge < -0.3 is 15.3 Å². The molecule has 0 amide bonds. The van der Waals surface area contributed by atoms with Crippen LogP contribution < -0.4 is 5.32 Å². The molecule has 1 aliphatic heterocycles. The zero-order chi connectivity index (χ0) is 12.8. The molecule has 2 atom stereocenters. The Morgan fingerprint density at radius 2 is 2.06 bits per heavy atom. The summed E-state index contributed by atoms with van der Waals surface area (Å²) in [5, 5.41) is 12.9. The summed E-state index contributed by atoms with van der Waals surface area (Å²) in [5.41, 5.74) is 0. The molecule has 1 saturated carbocycles. The smallest absolute Gasteiger partial charge is 0.0434 e. The number of unbranched alkanes of at least 4 members (excludes halogenated alkanes) is 1. The molecule has 0 bridgehead atoms. The van der Waals surface area contributed by atoms with Crippen molar-refractivity contribution in [3.63, 3.8) is 0 Å². The second kappa shape index (κ2) is 7.46. The first kappa shape index (κ1) is 14.3. The van der Waals surface area contributed by atoms with Gasteiger partial charge in [0.25, 0.3) is 0 Å². The Morgan fingerprint density at radius 1 is 1.22 bits per heavy atom. The Kier molecular flexibility index (Phi) is 5.93. The van der Waals surface area contributed by atoms with E-state index in [1.54, 1.807) is 0 Å². The molecule has 0 spiro atoms. The van der Waals surface area contributed by atoms with Gasteiger partial charge in [0.2, 0.25) is 0 Å². The van der Waals surface area contributed by atoms with Gasteiger partial charge in [0.05, 0.1) is 0 Å². The highest BCUT2D eigenvalue weighted by Gasteiger charge is 2.28. The fourth-order valence-corrected chi connectivity index (χ4v) is 3.06. The fourth-order valence-electron chi connectivity index (χ4n) is 3.06. The van der Waals surface area contributed by atoms with Gasteiger partial charge in [0, 0.05) is 25.7 Å². The number of hydrogen-bond donors (Lipinski definition) is 2. The Bertz CT molecular complexity index is 231. The number of rotatable bonds is 8. The van der Waals surface area contributed by atoms with Crippen molar-refractivity contribution in [3.8, 4) is 0 Å². The van der Waals surface area contributed by atoms with E-state index in [0.717, 1.165) is 12.3 Å². The van der Waals surface area contributed by atoms with Gasteiger partial charge in [-0.3, -0.25) is 0 Å². The van der Waals surface area contributed by atoms with Crippen LogP contribution in [0.25, 0.3) is 0 Å². The Hall–Kier alpha value is -0.120. The minimum absolute atomic E-state index is 0.349. The quantitative estimate of drug-likeness (QED) is 0.694. The average molecular weight is 254 g/mol. The van der Waals surface area contributed by atoms with E-state index < -0.39 is 0 Å². The molecule has 2 rings (SSSR count). The molecular weight excluding hydrogens is 224 g/mol. The lowest BCUT2D eigenvalue weighted by molar-refractivity contribution is 0.119. The predicted molar refractivity (Wildman–Crippen MR) is 75.7 cm³/mol. The molecule has 18 heavy (non-hydrogen) atoms. The van der Waals surface area contributed by atoms with E-state index in [1.807, 2.05) is 0 Å². The van der Waals surface area contributed by atoms with E-state index in [2.05, 4.69) is 17.1 Å². The molecule has 0 aromatic carbocycles. The third-order valence-electron chi connectivity index (χ3n) is 4.37. The van der Waals surface area contributed by atoms with Crippen LogP contribution in [0.4, 0.5) is 0 Å². The lowest BCUT2D eigenvalue weighted by atomic mass is 9.91. The summed E-state index contributed by atoms with van der Waals surface area (Å²) in [7, 11) is 0. The van der Waals surface area contributed by atoms with Crippen molar-refractivity contribution in [2.45, 2.75) is 51.5 Å². The van der Waals surface area contributed by atoms with Crippen LogP contribution in [0.1, 0.15) is 45.4 Å². The summed E-state index contributed by atoms with van der Waals surface area (Å²) in [5.74, 6) is 1.66. The zero-order valence-electron chi connectivity index (χ0n) is 11.9. The van der Waals surface area contributed by atoms with Gasteiger partial charge in [-0.25, -0.2) is 0 Å². The molecule has 1 heterocycles. The lowest BCUT2D eigenvalue weighted by Crippen LogP contribution is -2.50. The van der Waals surface area contributed by atoms with E-state index in [4.69, 9.17) is 5.11 Å². The Labute approximate surface area is 112 Å². The SMILES string of the molecule is CCCCN1CC(CCO)CC(NCC2CC2)C1. The molecule has 0 aromatic rings. The third kappa shape index (κ3) is 4.87. The van der Waals surface area contributed by atoms with Crippen LogP contribution in [0.3, 0.4) is 0 Å². The number of nitrogens with one attached hydrogen (secondary N) is 1. The molecular formula is C15H30N2O. The van der Waals surface area contributed by atoms with Crippen molar-refractivity contribution in [1.29, 1.82) is 0 Å². The summed E-state index contributed by atoms with van der Waals surface area (Å²) in [6.07, 6.45) is 7.68. The van der Waals surface area contributed by atoms with Crippen molar-refractivity contribution < 1.29 is 5.11 Å². The van der Waals surface area contributed by atoms with Gasteiger partial charge in [0.15, 0.2) is 0 Å². The molecule has 2 aliphatic rings. The van der Waals surface area contributed by atoms with E-state index in [9.17, 15) is 0 Å². The topological polar surface area (TPSA) is 35.5 Å². The molecule has 0 aromatic heterocycles. The van der Waals surface area contributed by atoms with Gasteiger partial charge >= 0.3 is 0 Å². The largest absolute Gasteiger partial charge is 0.396 e. The second-order valence-corrected chi connectivity index (χ2v) is 6.28. The average Bonchev–Trinajstić information content (AvgIpc) is 3.18. The maximum atomic E-state index is 9.16. The minimum Gasteiger partial charge on any atom is -0.396 e. The lowest BCUT2D eigenvalue weighted by Gasteiger charge is -2.38. The van der Waals surface area contributed by atoms with Crippen LogP contribution in [0, 0.1) is 11.8 Å². The van der Waals surface area contributed by atoms with Crippen LogP contribution in [0.2, 0.25) is 0 Å². The number of piperidine rings is 1. The monoisotopic (exact) mass is 254 g/mol. The second-order valence-electron chi connectivity index (χ2n) is 6.28. The maximum absolute atomic E-state index is 9.16. The highest BCUT2D eigenvalue weighted by molar-refractivity contribution is 4.85. The Balaban J connectivity index is 1.75. The van der Waals surface area contributed by atoms with E-state index >= 15 is 0 Å². The van der Waals surface area contributed by atoms with Crippen LogP contribution in [-0.4, -0.2) is 48.8 Å². The number of aliphatic hydroxyl groups is 1. The Morgan fingerprint density at radius 3 is 2.72 bits per heavy atom. The highest BCUT2D eigenvalue weighted by Crippen LogP contribution is 2.28. The molecule has 1 saturated heterocycles. The molecule has 2 unspecified atom stereocenters. The third-order valence-corrected chi connectivity index (χ3v) is 4.37. The van der Waals surface area contributed by atoms with Gasteiger partial charge in [-0.15, -0.1) is 0 Å². The summed E-state index contributed by atoms with van der Waals surface area (Å²) in [6, 6.07) is 0.660. The molecule has 2 fully saturated rings. The number of aliphatic hydroxyl groups excluding tert-OH is 1. The molecule has 1 aliphatic carbocycles. The van der Waals surface area contributed by atoms with Gasteiger partial charge in [0.1, 0.15) is 0 Å².